The van der Waals surface area contributed by atoms with Crippen molar-refractivity contribution in [2.75, 3.05) is 20.7 Å². The SMILES string of the molecule is COC1=NCC(C)N1C. The average Bonchev–Trinajstić information content (AvgIpc) is 2.15. The van der Waals surface area contributed by atoms with Gasteiger partial charge in [0.15, 0.2) is 0 Å². The molecule has 0 saturated heterocycles. The zero-order valence-corrected chi connectivity index (χ0v) is 6.09. The molecule has 0 bridgehead atoms. The number of ether oxygens (including phenoxy) is 1. The van der Waals surface area contributed by atoms with Crippen LogP contribution in [0.25, 0.3) is 0 Å². The van der Waals surface area contributed by atoms with Gasteiger partial charge in [-0.2, -0.15) is 0 Å². The van der Waals surface area contributed by atoms with Crippen LogP contribution in [-0.4, -0.2) is 37.7 Å². The van der Waals surface area contributed by atoms with Crippen LogP contribution in [0.5, 0.6) is 0 Å². The second kappa shape index (κ2) is 2.25. The van der Waals surface area contributed by atoms with Gasteiger partial charge in [0.2, 0.25) is 0 Å². The molecule has 9 heavy (non-hydrogen) atoms. The molecule has 0 N–H and O–H groups in total. The van der Waals surface area contributed by atoms with Gasteiger partial charge in [-0.15, -0.1) is 0 Å². The summed E-state index contributed by atoms with van der Waals surface area (Å²) in [6, 6.07) is 1.25. The molecule has 52 valence electrons. The lowest BCUT2D eigenvalue weighted by molar-refractivity contribution is 0.301. The quantitative estimate of drug-likeness (QED) is 0.469. The lowest BCUT2D eigenvalue weighted by Gasteiger charge is -2.17. The molecule has 0 fully saturated rings. The van der Waals surface area contributed by atoms with E-state index in [1.165, 1.54) is 0 Å². The van der Waals surface area contributed by atoms with Crippen LogP contribution in [0.4, 0.5) is 0 Å². The van der Waals surface area contributed by atoms with E-state index < -0.39 is 0 Å². The van der Waals surface area contributed by atoms with Crippen molar-refractivity contribution in [2.24, 2.45) is 4.99 Å². The number of methoxy groups -OCH3 is 1. The van der Waals surface area contributed by atoms with E-state index in [0.29, 0.717) is 6.04 Å². The van der Waals surface area contributed by atoms with Gasteiger partial charge in [-0.1, -0.05) is 0 Å². The molecule has 3 nitrogen and oxygen atoms in total. The monoisotopic (exact) mass is 128 g/mol. The summed E-state index contributed by atoms with van der Waals surface area (Å²) in [6.07, 6.45) is 0. The highest BCUT2D eigenvalue weighted by Crippen LogP contribution is 2.06. The predicted molar refractivity (Wildman–Crippen MR) is 36.5 cm³/mol. The standard InChI is InChI=1S/C6H12N2O/c1-5-4-7-6(9-3)8(5)2/h5H,4H2,1-3H3. The molecule has 0 saturated carbocycles. The first-order valence-electron chi connectivity index (χ1n) is 3.07. The van der Waals surface area contributed by atoms with Crippen LogP contribution in [0.3, 0.4) is 0 Å². The fourth-order valence-corrected chi connectivity index (χ4v) is 0.841. The normalized spacial score (nSPS) is 26.3. The third-order valence-corrected chi connectivity index (χ3v) is 1.64. The summed E-state index contributed by atoms with van der Waals surface area (Å²) in [5.41, 5.74) is 0. The Balaban J connectivity index is 2.55. The molecule has 0 spiro atoms. The maximum atomic E-state index is 4.97. The Kier molecular flexibility index (Phi) is 1.60. The molecule has 1 unspecified atom stereocenters. The van der Waals surface area contributed by atoms with Gasteiger partial charge in [0, 0.05) is 13.1 Å². The first-order chi connectivity index (χ1) is 4.25. The summed E-state index contributed by atoms with van der Waals surface area (Å²) < 4.78 is 4.97. The molecule has 1 rings (SSSR count). The van der Waals surface area contributed by atoms with Crippen molar-refractivity contribution in [1.82, 2.24) is 4.90 Å². The van der Waals surface area contributed by atoms with E-state index in [2.05, 4.69) is 11.9 Å². The van der Waals surface area contributed by atoms with Crippen LogP contribution >= 0.6 is 0 Å². The molecule has 0 aliphatic carbocycles. The second-order valence-electron chi connectivity index (χ2n) is 2.29. The van der Waals surface area contributed by atoms with Gasteiger partial charge in [0.25, 0.3) is 6.02 Å². The molecule has 0 aromatic heterocycles. The van der Waals surface area contributed by atoms with Crippen LogP contribution in [0.2, 0.25) is 0 Å². The first-order valence-corrected chi connectivity index (χ1v) is 3.07. The minimum Gasteiger partial charge on any atom is -0.468 e. The molecule has 0 aromatic rings. The van der Waals surface area contributed by atoms with Crippen molar-refractivity contribution in [3.8, 4) is 0 Å². The van der Waals surface area contributed by atoms with Gasteiger partial charge in [0.1, 0.15) is 0 Å². The fourth-order valence-electron chi connectivity index (χ4n) is 0.841. The number of rotatable bonds is 0. The van der Waals surface area contributed by atoms with Crippen LogP contribution in [0, 0.1) is 0 Å². The van der Waals surface area contributed by atoms with E-state index >= 15 is 0 Å². The zero-order chi connectivity index (χ0) is 6.85. The van der Waals surface area contributed by atoms with Crippen molar-refractivity contribution < 1.29 is 4.74 Å². The number of likely N-dealkylation sites (N-methyl/N-ethyl adjacent to an activating group) is 1. The van der Waals surface area contributed by atoms with Gasteiger partial charge in [-0.3, -0.25) is 0 Å². The van der Waals surface area contributed by atoms with Gasteiger partial charge in [-0.05, 0) is 6.92 Å². The van der Waals surface area contributed by atoms with Crippen molar-refractivity contribution in [3.05, 3.63) is 0 Å². The van der Waals surface area contributed by atoms with Crippen molar-refractivity contribution in [2.45, 2.75) is 13.0 Å². The highest BCUT2D eigenvalue weighted by molar-refractivity contribution is 5.75. The predicted octanol–water partition coefficient (Wildman–Crippen LogP) is 0.323. The first kappa shape index (κ1) is 6.39. The zero-order valence-electron chi connectivity index (χ0n) is 6.09. The molecule has 0 amide bonds. The summed E-state index contributed by atoms with van der Waals surface area (Å²) in [5.74, 6) is 0. The Labute approximate surface area is 55.3 Å². The number of hydrogen-bond donors (Lipinski definition) is 0. The summed E-state index contributed by atoms with van der Waals surface area (Å²) in [7, 11) is 3.63. The Morgan fingerprint density at radius 3 is 2.67 bits per heavy atom. The van der Waals surface area contributed by atoms with Crippen molar-refractivity contribution in [3.63, 3.8) is 0 Å². The van der Waals surface area contributed by atoms with Crippen LogP contribution in [-0.2, 0) is 4.74 Å². The van der Waals surface area contributed by atoms with Crippen LogP contribution in [0.15, 0.2) is 4.99 Å². The third-order valence-electron chi connectivity index (χ3n) is 1.64. The Bertz CT molecular complexity index is 133. The van der Waals surface area contributed by atoms with E-state index in [1.54, 1.807) is 7.11 Å². The Morgan fingerprint density at radius 2 is 2.44 bits per heavy atom. The van der Waals surface area contributed by atoms with E-state index in [-0.39, 0.29) is 0 Å². The summed E-state index contributed by atoms with van der Waals surface area (Å²) in [6.45, 7) is 2.98. The van der Waals surface area contributed by atoms with E-state index in [9.17, 15) is 0 Å². The molecule has 1 aliphatic rings. The number of aliphatic imine (C=N–C) groups is 1. The highest BCUT2D eigenvalue weighted by Gasteiger charge is 2.19. The fraction of sp³-hybridized carbons (Fsp3) is 0.833. The van der Waals surface area contributed by atoms with Crippen LogP contribution in [0.1, 0.15) is 6.92 Å². The Morgan fingerprint density at radius 1 is 1.78 bits per heavy atom. The van der Waals surface area contributed by atoms with E-state index in [0.717, 1.165) is 12.6 Å². The number of nitrogens with zero attached hydrogens (tertiary/aromatic N) is 2. The van der Waals surface area contributed by atoms with Gasteiger partial charge in [0.05, 0.1) is 13.7 Å². The highest BCUT2D eigenvalue weighted by atomic mass is 16.5. The molecule has 1 aliphatic heterocycles. The topological polar surface area (TPSA) is 24.8 Å². The van der Waals surface area contributed by atoms with Gasteiger partial charge >= 0.3 is 0 Å². The molecule has 1 heterocycles. The van der Waals surface area contributed by atoms with Crippen molar-refractivity contribution in [1.29, 1.82) is 0 Å². The maximum Gasteiger partial charge on any atom is 0.287 e. The Hall–Kier alpha value is -0.730. The molecular weight excluding hydrogens is 116 g/mol. The lowest BCUT2D eigenvalue weighted by Crippen LogP contribution is -2.31. The number of hydrogen-bond acceptors (Lipinski definition) is 3. The van der Waals surface area contributed by atoms with Crippen LogP contribution < -0.4 is 0 Å². The molecule has 0 aromatic carbocycles. The summed E-state index contributed by atoms with van der Waals surface area (Å²) >= 11 is 0. The molecule has 0 radical (unpaired) electrons. The smallest absolute Gasteiger partial charge is 0.287 e. The molecule has 1 atom stereocenters. The van der Waals surface area contributed by atoms with Gasteiger partial charge < -0.3 is 9.64 Å². The molecular formula is C6H12N2O. The number of amidine groups is 1. The lowest BCUT2D eigenvalue weighted by atomic mass is 10.3. The second-order valence-corrected chi connectivity index (χ2v) is 2.29. The molecule has 3 heteroatoms. The van der Waals surface area contributed by atoms with Crippen molar-refractivity contribution >= 4 is 6.02 Å². The third kappa shape index (κ3) is 0.992. The maximum absolute atomic E-state index is 4.97. The van der Waals surface area contributed by atoms with E-state index in [4.69, 9.17) is 4.74 Å². The summed E-state index contributed by atoms with van der Waals surface area (Å²) in [5, 5.41) is 0. The average molecular weight is 128 g/mol. The largest absolute Gasteiger partial charge is 0.468 e. The summed E-state index contributed by atoms with van der Waals surface area (Å²) in [4.78, 5) is 6.16. The minimum absolute atomic E-state index is 0.500. The van der Waals surface area contributed by atoms with Gasteiger partial charge in [-0.25, -0.2) is 4.99 Å². The van der Waals surface area contributed by atoms with E-state index in [1.807, 2.05) is 11.9 Å². The minimum atomic E-state index is 0.500.